The van der Waals surface area contributed by atoms with Gasteiger partial charge in [-0.05, 0) is 42.0 Å². The Hall–Kier alpha value is -0.960. The van der Waals surface area contributed by atoms with E-state index in [0.717, 1.165) is 0 Å². The molecule has 0 spiro atoms. The largest absolute Gasteiger partial charge is 0.396 e. The Kier molecular flexibility index (Phi) is 3.45. The number of aliphatic hydroxyl groups excluding tert-OH is 1. The van der Waals surface area contributed by atoms with Gasteiger partial charge in [0, 0.05) is 6.61 Å². The number of hydrogen-bond donors (Lipinski definition) is 1. The van der Waals surface area contributed by atoms with Crippen LogP contribution in [0, 0.1) is 24.0 Å². The number of halogens is 2. The van der Waals surface area contributed by atoms with Crippen LogP contribution in [-0.4, -0.2) is 11.7 Å². The van der Waals surface area contributed by atoms with Crippen molar-refractivity contribution in [2.45, 2.75) is 27.2 Å². The molecule has 0 aromatic heterocycles. The van der Waals surface area contributed by atoms with E-state index in [4.69, 9.17) is 5.11 Å². The second kappa shape index (κ2) is 4.27. The lowest BCUT2D eigenvalue weighted by molar-refractivity contribution is 0.158. The quantitative estimate of drug-likeness (QED) is 0.820. The zero-order chi connectivity index (χ0) is 11.6. The molecule has 0 fully saturated rings. The van der Waals surface area contributed by atoms with Crippen LogP contribution in [0.1, 0.15) is 25.0 Å². The van der Waals surface area contributed by atoms with E-state index in [9.17, 15) is 8.78 Å². The highest BCUT2D eigenvalue weighted by Gasteiger charge is 2.20. The highest BCUT2D eigenvalue weighted by Crippen LogP contribution is 2.24. The molecule has 1 nitrogen and oxygen atoms in total. The van der Waals surface area contributed by atoms with Crippen molar-refractivity contribution in [3.63, 3.8) is 0 Å². The zero-order valence-electron chi connectivity index (χ0n) is 9.27. The molecule has 1 aromatic rings. The Labute approximate surface area is 88.7 Å². The van der Waals surface area contributed by atoms with E-state index in [-0.39, 0.29) is 6.61 Å². The van der Waals surface area contributed by atoms with Crippen LogP contribution in [0.15, 0.2) is 12.1 Å². The predicted molar refractivity (Wildman–Crippen MR) is 55.7 cm³/mol. The summed E-state index contributed by atoms with van der Waals surface area (Å²) in [6.07, 6.45) is 0.326. The maximum absolute atomic E-state index is 13.4. The molecular weight excluding hydrogens is 198 g/mol. The molecule has 0 amide bonds. The topological polar surface area (TPSA) is 20.2 Å². The number of hydrogen-bond acceptors (Lipinski definition) is 1. The molecule has 1 N–H and O–H groups in total. The van der Waals surface area contributed by atoms with Gasteiger partial charge in [-0.1, -0.05) is 13.8 Å². The van der Waals surface area contributed by atoms with Crippen LogP contribution in [-0.2, 0) is 6.42 Å². The minimum absolute atomic E-state index is 0.0536. The van der Waals surface area contributed by atoms with Crippen LogP contribution in [0.2, 0.25) is 0 Å². The third-order valence-corrected chi connectivity index (χ3v) is 2.42. The number of benzene rings is 1. The van der Waals surface area contributed by atoms with Gasteiger partial charge in [0.15, 0.2) is 0 Å². The smallest absolute Gasteiger partial charge is 0.126 e. The first kappa shape index (κ1) is 12.1. The first-order valence-electron chi connectivity index (χ1n) is 4.91. The molecule has 0 bridgehead atoms. The van der Waals surface area contributed by atoms with Crippen molar-refractivity contribution < 1.29 is 13.9 Å². The van der Waals surface area contributed by atoms with Crippen LogP contribution in [0.5, 0.6) is 0 Å². The third kappa shape index (κ3) is 2.99. The summed E-state index contributed by atoms with van der Waals surface area (Å²) >= 11 is 0. The summed E-state index contributed by atoms with van der Waals surface area (Å²) in [5.41, 5.74) is 0.193. The molecule has 15 heavy (non-hydrogen) atoms. The Bertz CT molecular complexity index is 359. The lowest BCUT2D eigenvalue weighted by Gasteiger charge is -2.21. The molecule has 1 rings (SSSR count). The van der Waals surface area contributed by atoms with Gasteiger partial charge in [0.25, 0.3) is 0 Å². The summed E-state index contributed by atoms with van der Waals surface area (Å²) in [7, 11) is 0. The van der Waals surface area contributed by atoms with E-state index in [1.54, 1.807) is 0 Å². The van der Waals surface area contributed by atoms with Crippen LogP contribution in [0.4, 0.5) is 8.78 Å². The molecule has 0 atom stereocenters. The average Bonchev–Trinajstić information content (AvgIpc) is 2.14. The van der Waals surface area contributed by atoms with E-state index in [0.29, 0.717) is 17.5 Å². The Morgan fingerprint density at radius 2 is 1.80 bits per heavy atom. The van der Waals surface area contributed by atoms with Crippen molar-refractivity contribution in [2.24, 2.45) is 5.41 Å². The maximum atomic E-state index is 13.4. The summed E-state index contributed by atoms with van der Waals surface area (Å²) in [4.78, 5) is 0. The Balaban J connectivity index is 3.01. The number of aliphatic hydroxyl groups is 1. The minimum Gasteiger partial charge on any atom is -0.396 e. The first-order chi connectivity index (χ1) is 6.85. The van der Waals surface area contributed by atoms with Crippen LogP contribution < -0.4 is 0 Å². The molecule has 84 valence electrons. The summed E-state index contributed by atoms with van der Waals surface area (Å²) < 4.78 is 26.7. The van der Waals surface area contributed by atoms with E-state index in [1.807, 2.05) is 13.8 Å². The summed E-state index contributed by atoms with van der Waals surface area (Å²) in [5.74, 6) is -0.810. The number of rotatable bonds is 3. The molecule has 0 heterocycles. The summed E-state index contributed by atoms with van der Waals surface area (Å²) in [6.45, 7) is 5.09. The summed E-state index contributed by atoms with van der Waals surface area (Å²) in [6, 6.07) is 2.40. The lowest BCUT2D eigenvalue weighted by Crippen LogP contribution is -2.20. The fourth-order valence-electron chi connectivity index (χ4n) is 1.39. The predicted octanol–water partition coefficient (Wildman–Crippen LogP) is 2.83. The summed E-state index contributed by atoms with van der Waals surface area (Å²) in [5, 5.41) is 9.05. The van der Waals surface area contributed by atoms with Gasteiger partial charge in [0.2, 0.25) is 0 Å². The standard InChI is InChI=1S/C12H16F2O/c1-8-4-11(14)9(5-10(8)13)6-12(2,3)7-15/h4-5,15H,6-7H2,1-3H3. The minimum atomic E-state index is -0.428. The van der Waals surface area contributed by atoms with Gasteiger partial charge in [-0.25, -0.2) is 8.78 Å². The molecular formula is C12H16F2O. The molecule has 0 saturated heterocycles. The molecule has 0 aliphatic heterocycles. The van der Waals surface area contributed by atoms with Gasteiger partial charge in [0.1, 0.15) is 11.6 Å². The van der Waals surface area contributed by atoms with Gasteiger partial charge in [-0.3, -0.25) is 0 Å². The highest BCUT2D eigenvalue weighted by atomic mass is 19.1. The van der Waals surface area contributed by atoms with E-state index in [2.05, 4.69) is 0 Å². The molecule has 0 unspecified atom stereocenters. The fourth-order valence-corrected chi connectivity index (χ4v) is 1.39. The van der Waals surface area contributed by atoms with E-state index < -0.39 is 17.0 Å². The molecule has 0 aliphatic carbocycles. The molecule has 0 radical (unpaired) electrons. The SMILES string of the molecule is Cc1cc(F)c(CC(C)(C)CO)cc1F. The first-order valence-corrected chi connectivity index (χ1v) is 4.91. The lowest BCUT2D eigenvalue weighted by atomic mass is 9.86. The van der Waals surface area contributed by atoms with E-state index in [1.165, 1.54) is 19.1 Å². The van der Waals surface area contributed by atoms with Gasteiger partial charge in [-0.15, -0.1) is 0 Å². The second-order valence-electron chi connectivity index (χ2n) is 4.69. The normalized spacial score (nSPS) is 11.9. The Morgan fingerprint density at radius 1 is 1.20 bits per heavy atom. The fraction of sp³-hybridized carbons (Fsp3) is 0.500. The van der Waals surface area contributed by atoms with Gasteiger partial charge < -0.3 is 5.11 Å². The highest BCUT2D eigenvalue weighted by molar-refractivity contribution is 5.26. The molecule has 0 saturated carbocycles. The third-order valence-electron chi connectivity index (χ3n) is 2.42. The van der Waals surface area contributed by atoms with Crippen LogP contribution >= 0.6 is 0 Å². The van der Waals surface area contributed by atoms with E-state index >= 15 is 0 Å². The maximum Gasteiger partial charge on any atom is 0.126 e. The van der Waals surface area contributed by atoms with Gasteiger partial charge in [-0.2, -0.15) is 0 Å². The van der Waals surface area contributed by atoms with Crippen molar-refractivity contribution in [1.29, 1.82) is 0 Å². The monoisotopic (exact) mass is 214 g/mol. The molecule has 1 aromatic carbocycles. The van der Waals surface area contributed by atoms with Crippen molar-refractivity contribution in [3.05, 3.63) is 34.9 Å². The van der Waals surface area contributed by atoms with Crippen molar-refractivity contribution in [3.8, 4) is 0 Å². The average molecular weight is 214 g/mol. The number of aryl methyl sites for hydroxylation is 1. The molecule has 0 aliphatic rings. The van der Waals surface area contributed by atoms with Crippen molar-refractivity contribution in [2.75, 3.05) is 6.61 Å². The zero-order valence-corrected chi connectivity index (χ0v) is 9.27. The van der Waals surface area contributed by atoms with Crippen LogP contribution in [0.3, 0.4) is 0 Å². The van der Waals surface area contributed by atoms with Crippen LogP contribution in [0.25, 0.3) is 0 Å². The van der Waals surface area contributed by atoms with Crippen molar-refractivity contribution >= 4 is 0 Å². The second-order valence-corrected chi connectivity index (χ2v) is 4.69. The molecule has 3 heteroatoms. The van der Waals surface area contributed by atoms with Gasteiger partial charge in [0.05, 0.1) is 0 Å². The van der Waals surface area contributed by atoms with Gasteiger partial charge >= 0.3 is 0 Å². The van der Waals surface area contributed by atoms with Crippen molar-refractivity contribution in [1.82, 2.24) is 0 Å². The Morgan fingerprint density at radius 3 is 2.33 bits per heavy atom.